The van der Waals surface area contributed by atoms with E-state index >= 15 is 0 Å². The molecular weight excluding hydrogens is 875 g/mol. The Kier molecular flexibility index (Phi) is 59.0. The van der Waals surface area contributed by atoms with Crippen LogP contribution >= 0.6 is 0 Å². The largest absolute Gasteiger partial charge is 0.466 e. The van der Waals surface area contributed by atoms with E-state index in [1.165, 1.54) is 257 Å². The average molecular weight is 999 g/mol. The quantitative estimate of drug-likeness (QED) is 0.0321. The van der Waals surface area contributed by atoms with Crippen LogP contribution in [0.5, 0.6) is 0 Å². The molecule has 0 aliphatic carbocycles. The van der Waals surface area contributed by atoms with Crippen molar-refractivity contribution in [3.05, 3.63) is 36.5 Å². The van der Waals surface area contributed by atoms with Gasteiger partial charge < -0.3 is 20.3 Å². The molecule has 0 aliphatic heterocycles. The minimum absolute atomic E-state index is 0.00387. The predicted octanol–water partition coefficient (Wildman–Crippen LogP) is 20.0. The number of amides is 1. The van der Waals surface area contributed by atoms with Crippen molar-refractivity contribution in [2.45, 2.75) is 353 Å². The summed E-state index contributed by atoms with van der Waals surface area (Å²) in [6.45, 7) is 4.93. The van der Waals surface area contributed by atoms with Crippen molar-refractivity contribution in [1.82, 2.24) is 5.32 Å². The average Bonchev–Trinajstić information content (AvgIpc) is 3.37. The van der Waals surface area contributed by atoms with Crippen LogP contribution in [0, 0.1) is 0 Å². The van der Waals surface area contributed by atoms with Crippen LogP contribution in [-0.2, 0) is 14.3 Å². The van der Waals surface area contributed by atoms with Crippen molar-refractivity contribution in [3.8, 4) is 0 Å². The number of carbonyl (C=O) groups excluding carboxylic acids is 2. The van der Waals surface area contributed by atoms with E-state index < -0.39 is 12.1 Å². The van der Waals surface area contributed by atoms with E-state index in [4.69, 9.17) is 4.74 Å². The Balaban J connectivity index is 3.40. The number of ether oxygens (including phenoxy) is 1. The second-order valence-electron chi connectivity index (χ2n) is 21.7. The molecule has 0 aliphatic rings. The normalized spacial score (nSPS) is 12.8. The van der Waals surface area contributed by atoms with Crippen molar-refractivity contribution < 1.29 is 24.5 Å². The molecule has 0 fully saturated rings. The van der Waals surface area contributed by atoms with Crippen LogP contribution in [0.2, 0.25) is 0 Å². The number of aliphatic hydroxyl groups is 2. The molecular formula is C65H123NO5. The number of unbranched alkanes of at least 4 members (excludes halogenated alkanes) is 42. The van der Waals surface area contributed by atoms with E-state index in [0.717, 1.165) is 51.4 Å². The molecule has 2 unspecified atom stereocenters. The fraction of sp³-hybridized carbons (Fsp3) is 0.877. The van der Waals surface area contributed by atoms with Gasteiger partial charge in [0, 0.05) is 12.8 Å². The molecule has 3 N–H and O–H groups in total. The van der Waals surface area contributed by atoms with E-state index in [2.05, 4.69) is 55.6 Å². The first kappa shape index (κ1) is 69.1. The summed E-state index contributed by atoms with van der Waals surface area (Å²) in [6, 6.07) is -0.546. The minimum Gasteiger partial charge on any atom is -0.466 e. The van der Waals surface area contributed by atoms with E-state index in [1.54, 1.807) is 0 Å². The number of nitrogens with one attached hydrogen (secondary N) is 1. The van der Waals surface area contributed by atoms with Crippen LogP contribution in [0.4, 0.5) is 0 Å². The van der Waals surface area contributed by atoms with Crippen molar-refractivity contribution >= 4 is 11.9 Å². The van der Waals surface area contributed by atoms with Gasteiger partial charge in [-0.3, -0.25) is 9.59 Å². The first-order valence-corrected chi connectivity index (χ1v) is 31.7. The van der Waals surface area contributed by atoms with E-state index in [0.29, 0.717) is 25.9 Å². The predicted molar refractivity (Wildman–Crippen MR) is 310 cm³/mol. The SMILES string of the molecule is CCCCC/C=C\C/C=C\CCCCCCCCCC(=O)OCCCCCCCCCCCCCC/C=C\CCCCCCCCCC(=O)NC(CO)C(O)CCCCCCCCCCCCCCCC. The summed E-state index contributed by atoms with van der Waals surface area (Å²) in [5.74, 6) is -0.0364. The zero-order chi connectivity index (χ0) is 51.4. The van der Waals surface area contributed by atoms with Crippen molar-refractivity contribution in [3.63, 3.8) is 0 Å². The highest BCUT2D eigenvalue weighted by Gasteiger charge is 2.20. The summed E-state index contributed by atoms with van der Waals surface area (Å²) >= 11 is 0. The molecule has 1 amide bonds. The molecule has 0 radical (unpaired) electrons. The molecule has 418 valence electrons. The van der Waals surface area contributed by atoms with Gasteiger partial charge >= 0.3 is 5.97 Å². The van der Waals surface area contributed by atoms with Gasteiger partial charge in [-0.25, -0.2) is 0 Å². The van der Waals surface area contributed by atoms with Crippen LogP contribution in [0.3, 0.4) is 0 Å². The number of hydrogen-bond acceptors (Lipinski definition) is 5. The minimum atomic E-state index is -0.668. The lowest BCUT2D eigenvalue weighted by Gasteiger charge is -2.22. The summed E-state index contributed by atoms with van der Waals surface area (Å²) in [7, 11) is 0. The van der Waals surface area contributed by atoms with Crippen LogP contribution in [0.1, 0.15) is 341 Å². The maximum absolute atomic E-state index is 12.5. The standard InChI is InChI=1S/C65H123NO5/c1-3-5-7-9-11-13-15-17-19-27-31-35-39-43-47-51-55-59-65(70)71-60-56-52-48-44-40-36-32-29-26-24-22-20-21-23-25-28-30-34-38-42-46-50-54-58-64(69)66-62(61-67)63(68)57-53-49-45-41-37-33-18-16-14-12-10-8-6-4-2/h11,13,17,19,23,25,62-63,67-68H,3-10,12,14-16,18,20-22,24,26-61H2,1-2H3,(H,66,69)/b13-11-,19-17-,25-23-. The van der Waals surface area contributed by atoms with Gasteiger partial charge in [-0.15, -0.1) is 0 Å². The molecule has 0 aromatic rings. The van der Waals surface area contributed by atoms with Gasteiger partial charge in [0.25, 0.3) is 0 Å². The smallest absolute Gasteiger partial charge is 0.305 e. The monoisotopic (exact) mass is 998 g/mol. The fourth-order valence-corrected chi connectivity index (χ4v) is 9.78. The molecule has 0 aromatic carbocycles. The third kappa shape index (κ3) is 57.2. The Hall–Kier alpha value is -1.92. The molecule has 0 spiro atoms. The van der Waals surface area contributed by atoms with Gasteiger partial charge in [0.1, 0.15) is 0 Å². The topological polar surface area (TPSA) is 95.9 Å². The third-order valence-corrected chi connectivity index (χ3v) is 14.7. The van der Waals surface area contributed by atoms with Crippen LogP contribution in [0.15, 0.2) is 36.5 Å². The van der Waals surface area contributed by atoms with Crippen molar-refractivity contribution in [1.29, 1.82) is 0 Å². The number of rotatable bonds is 59. The van der Waals surface area contributed by atoms with Crippen LogP contribution in [-0.4, -0.2) is 47.4 Å². The number of carbonyl (C=O) groups is 2. The van der Waals surface area contributed by atoms with Crippen LogP contribution in [0.25, 0.3) is 0 Å². The molecule has 0 saturated heterocycles. The lowest BCUT2D eigenvalue weighted by atomic mass is 10.0. The summed E-state index contributed by atoms with van der Waals surface area (Å²) in [5.41, 5.74) is 0. The Morgan fingerprint density at radius 3 is 1.11 bits per heavy atom. The first-order valence-electron chi connectivity index (χ1n) is 31.7. The molecule has 0 saturated carbocycles. The highest BCUT2D eigenvalue weighted by atomic mass is 16.5. The highest BCUT2D eigenvalue weighted by Crippen LogP contribution is 2.17. The number of hydrogen-bond donors (Lipinski definition) is 3. The Morgan fingerprint density at radius 2 is 0.704 bits per heavy atom. The zero-order valence-electron chi connectivity index (χ0n) is 47.7. The molecule has 2 atom stereocenters. The van der Waals surface area contributed by atoms with Gasteiger partial charge in [0.05, 0.1) is 25.4 Å². The summed E-state index contributed by atoms with van der Waals surface area (Å²) in [5, 5.41) is 23.3. The molecule has 0 aromatic heterocycles. The Labute approximate surface area is 443 Å². The van der Waals surface area contributed by atoms with E-state index in [9.17, 15) is 19.8 Å². The highest BCUT2D eigenvalue weighted by molar-refractivity contribution is 5.76. The van der Waals surface area contributed by atoms with Crippen molar-refractivity contribution in [2.24, 2.45) is 0 Å². The number of aliphatic hydroxyl groups excluding tert-OH is 2. The van der Waals surface area contributed by atoms with E-state index in [-0.39, 0.29) is 18.5 Å². The lowest BCUT2D eigenvalue weighted by molar-refractivity contribution is -0.143. The van der Waals surface area contributed by atoms with Gasteiger partial charge in [-0.05, 0) is 83.5 Å². The second kappa shape index (κ2) is 60.6. The van der Waals surface area contributed by atoms with Crippen molar-refractivity contribution in [2.75, 3.05) is 13.2 Å². The molecule has 0 bridgehead atoms. The maximum atomic E-state index is 12.5. The number of allylic oxidation sites excluding steroid dienone is 6. The first-order chi connectivity index (χ1) is 35.0. The fourth-order valence-electron chi connectivity index (χ4n) is 9.78. The molecule has 0 rings (SSSR count). The van der Waals surface area contributed by atoms with Crippen LogP contribution < -0.4 is 5.32 Å². The molecule has 71 heavy (non-hydrogen) atoms. The molecule has 6 nitrogen and oxygen atoms in total. The van der Waals surface area contributed by atoms with E-state index in [1.807, 2.05) is 0 Å². The summed E-state index contributed by atoms with van der Waals surface area (Å²) < 4.78 is 5.49. The van der Waals surface area contributed by atoms with Gasteiger partial charge in [-0.2, -0.15) is 0 Å². The Bertz CT molecular complexity index is 1150. The maximum Gasteiger partial charge on any atom is 0.305 e. The lowest BCUT2D eigenvalue weighted by Crippen LogP contribution is -2.45. The molecule has 0 heterocycles. The summed E-state index contributed by atoms with van der Waals surface area (Å²) in [4.78, 5) is 24.6. The Morgan fingerprint density at radius 1 is 0.394 bits per heavy atom. The van der Waals surface area contributed by atoms with Gasteiger partial charge in [0.15, 0.2) is 0 Å². The van der Waals surface area contributed by atoms with Gasteiger partial charge in [0.2, 0.25) is 5.91 Å². The third-order valence-electron chi connectivity index (χ3n) is 14.7. The number of esters is 1. The zero-order valence-corrected chi connectivity index (χ0v) is 47.7. The second-order valence-corrected chi connectivity index (χ2v) is 21.7. The summed E-state index contributed by atoms with van der Waals surface area (Å²) in [6.07, 6.45) is 75.8. The van der Waals surface area contributed by atoms with Gasteiger partial charge in [-0.1, -0.05) is 281 Å². The molecule has 6 heteroatoms.